The van der Waals surface area contributed by atoms with Crippen LogP contribution in [0.15, 0.2) is 54.6 Å². The van der Waals surface area contributed by atoms with Gasteiger partial charge in [0.1, 0.15) is 0 Å². The van der Waals surface area contributed by atoms with Crippen LogP contribution in [0.5, 0.6) is 0 Å². The molecular formula is C23H24N6O3. The van der Waals surface area contributed by atoms with Crippen molar-refractivity contribution in [3.63, 3.8) is 0 Å². The Morgan fingerprint density at radius 2 is 1.78 bits per heavy atom. The van der Waals surface area contributed by atoms with Crippen LogP contribution < -0.4 is 10.2 Å². The molecule has 0 radical (unpaired) electrons. The number of carbonyl (C=O) groups excluding carboxylic acids is 1. The number of carbonyl (C=O) groups is 1. The SMILES string of the molecule is Cc1c(C(=O)Nc2cccc(-c3ccc(N4CCN(C)CC4)nn3)c2)cccc1[N+](=O)[O-]. The highest BCUT2D eigenvalue weighted by molar-refractivity contribution is 6.06. The van der Waals surface area contributed by atoms with Crippen LogP contribution in [0, 0.1) is 17.0 Å². The summed E-state index contributed by atoms with van der Waals surface area (Å²) in [5.41, 5.74) is 2.60. The number of aromatic nitrogens is 2. The molecule has 0 bridgehead atoms. The van der Waals surface area contributed by atoms with E-state index in [0.717, 1.165) is 37.6 Å². The maximum atomic E-state index is 12.7. The molecule has 0 spiro atoms. The third-order valence-corrected chi connectivity index (χ3v) is 5.64. The number of piperazine rings is 1. The molecule has 3 aromatic rings. The van der Waals surface area contributed by atoms with Crippen molar-refractivity contribution < 1.29 is 9.72 Å². The van der Waals surface area contributed by atoms with Gasteiger partial charge in [-0.25, -0.2) is 0 Å². The molecule has 164 valence electrons. The maximum absolute atomic E-state index is 12.7. The molecule has 1 fully saturated rings. The maximum Gasteiger partial charge on any atom is 0.273 e. The first-order valence-electron chi connectivity index (χ1n) is 10.4. The Labute approximate surface area is 185 Å². The van der Waals surface area contributed by atoms with Crippen LogP contribution in [0.2, 0.25) is 0 Å². The van der Waals surface area contributed by atoms with E-state index in [1.807, 2.05) is 30.3 Å². The third kappa shape index (κ3) is 4.57. The number of benzene rings is 2. The summed E-state index contributed by atoms with van der Waals surface area (Å²) < 4.78 is 0. The number of rotatable bonds is 5. The Bertz CT molecular complexity index is 1140. The lowest BCUT2D eigenvalue weighted by Crippen LogP contribution is -2.44. The van der Waals surface area contributed by atoms with Gasteiger partial charge in [0.05, 0.1) is 10.6 Å². The number of likely N-dealkylation sites (N-methyl/N-ethyl adjacent to an activating group) is 1. The van der Waals surface area contributed by atoms with E-state index in [0.29, 0.717) is 16.9 Å². The largest absolute Gasteiger partial charge is 0.353 e. The lowest BCUT2D eigenvalue weighted by Gasteiger charge is -2.32. The van der Waals surface area contributed by atoms with Crippen LogP contribution in [0.1, 0.15) is 15.9 Å². The molecule has 1 aliphatic rings. The minimum Gasteiger partial charge on any atom is -0.353 e. The van der Waals surface area contributed by atoms with Gasteiger partial charge in [0.25, 0.3) is 11.6 Å². The number of nitrogens with zero attached hydrogens (tertiary/aromatic N) is 5. The van der Waals surface area contributed by atoms with E-state index >= 15 is 0 Å². The molecular weight excluding hydrogens is 408 g/mol. The van der Waals surface area contributed by atoms with Gasteiger partial charge in [0.15, 0.2) is 5.82 Å². The molecule has 2 aromatic carbocycles. The highest BCUT2D eigenvalue weighted by atomic mass is 16.6. The van der Waals surface area contributed by atoms with Gasteiger partial charge in [0.2, 0.25) is 0 Å². The van der Waals surface area contributed by atoms with Crippen molar-refractivity contribution in [1.82, 2.24) is 15.1 Å². The zero-order chi connectivity index (χ0) is 22.7. The molecule has 9 heteroatoms. The number of nitro groups is 1. The molecule has 32 heavy (non-hydrogen) atoms. The van der Waals surface area contributed by atoms with Crippen molar-refractivity contribution in [1.29, 1.82) is 0 Å². The zero-order valence-electron chi connectivity index (χ0n) is 18.0. The molecule has 1 N–H and O–H groups in total. The fraction of sp³-hybridized carbons (Fsp3) is 0.261. The molecule has 0 unspecified atom stereocenters. The van der Waals surface area contributed by atoms with Crippen LogP contribution in [0.4, 0.5) is 17.2 Å². The second-order valence-electron chi connectivity index (χ2n) is 7.81. The number of hydrogen-bond acceptors (Lipinski definition) is 7. The molecule has 0 aliphatic carbocycles. The lowest BCUT2D eigenvalue weighted by atomic mass is 10.1. The second-order valence-corrected chi connectivity index (χ2v) is 7.81. The van der Waals surface area contributed by atoms with Crippen molar-refractivity contribution in [3.8, 4) is 11.3 Å². The van der Waals surface area contributed by atoms with Gasteiger partial charge < -0.3 is 15.1 Å². The van der Waals surface area contributed by atoms with Gasteiger partial charge in [0, 0.05) is 54.6 Å². The molecule has 1 aliphatic heterocycles. The summed E-state index contributed by atoms with van der Waals surface area (Å²) in [6, 6.07) is 15.6. The molecule has 0 saturated carbocycles. The molecule has 1 aromatic heterocycles. The van der Waals surface area contributed by atoms with Crippen molar-refractivity contribution in [2.24, 2.45) is 0 Å². The summed E-state index contributed by atoms with van der Waals surface area (Å²) >= 11 is 0. The average Bonchev–Trinajstić information content (AvgIpc) is 2.80. The van der Waals surface area contributed by atoms with Crippen molar-refractivity contribution in [2.45, 2.75) is 6.92 Å². The number of anilines is 2. The smallest absolute Gasteiger partial charge is 0.273 e. The van der Waals surface area contributed by atoms with Crippen LogP contribution in [0.3, 0.4) is 0 Å². The predicted octanol–water partition coefficient (Wildman–Crippen LogP) is 3.36. The van der Waals surface area contributed by atoms with Crippen LogP contribution in [0.25, 0.3) is 11.3 Å². The topological polar surface area (TPSA) is 104 Å². The summed E-state index contributed by atoms with van der Waals surface area (Å²) in [6.45, 7) is 5.40. The number of nitrogens with one attached hydrogen (secondary N) is 1. The molecule has 1 saturated heterocycles. The third-order valence-electron chi connectivity index (χ3n) is 5.64. The van der Waals surface area contributed by atoms with Gasteiger partial charge in [-0.05, 0) is 44.3 Å². The Morgan fingerprint density at radius 3 is 2.47 bits per heavy atom. The molecule has 2 heterocycles. The number of amides is 1. The fourth-order valence-corrected chi connectivity index (χ4v) is 3.71. The number of nitro benzene ring substituents is 1. The van der Waals surface area contributed by atoms with Crippen molar-refractivity contribution >= 4 is 23.1 Å². The van der Waals surface area contributed by atoms with Gasteiger partial charge >= 0.3 is 0 Å². The Balaban J connectivity index is 1.50. The summed E-state index contributed by atoms with van der Waals surface area (Å²) in [6.07, 6.45) is 0. The number of hydrogen-bond donors (Lipinski definition) is 1. The van der Waals surface area contributed by atoms with Crippen molar-refractivity contribution in [2.75, 3.05) is 43.4 Å². The van der Waals surface area contributed by atoms with Gasteiger partial charge in [-0.3, -0.25) is 14.9 Å². The first kappa shape index (κ1) is 21.4. The van der Waals surface area contributed by atoms with Gasteiger partial charge in [-0.15, -0.1) is 10.2 Å². The van der Waals surface area contributed by atoms with Gasteiger partial charge in [-0.1, -0.05) is 18.2 Å². The molecule has 1 amide bonds. The quantitative estimate of drug-likeness (QED) is 0.487. The van der Waals surface area contributed by atoms with E-state index in [2.05, 4.69) is 32.4 Å². The summed E-state index contributed by atoms with van der Waals surface area (Å²) in [4.78, 5) is 27.9. The van der Waals surface area contributed by atoms with E-state index in [9.17, 15) is 14.9 Å². The summed E-state index contributed by atoms with van der Waals surface area (Å²) in [5.74, 6) is 0.451. The zero-order valence-corrected chi connectivity index (χ0v) is 18.0. The highest BCUT2D eigenvalue weighted by Crippen LogP contribution is 2.25. The van der Waals surface area contributed by atoms with Crippen LogP contribution in [-0.4, -0.2) is 59.2 Å². The molecule has 4 rings (SSSR count). The minimum absolute atomic E-state index is 0.0814. The highest BCUT2D eigenvalue weighted by Gasteiger charge is 2.19. The standard InChI is InChI=1S/C23H24N6O3/c1-16-19(7-4-8-21(16)29(31)32)23(30)24-18-6-3-5-17(15-18)20-9-10-22(26-25-20)28-13-11-27(2)12-14-28/h3-10,15H,11-14H2,1-2H3,(H,24,30). The lowest BCUT2D eigenvalue weighted by molar-refractivity contribution is -0.385. The average molecular weight is 432 g/mol. The molecule has 9 nitrogen and oxygen atoms in total. The van der Waals surface area contributed by atoms with Crippen LogP contribution >= 0.6 is 0 Å². The van der Waals surface area contributed by atoms with E-state index in [4.69, 9.17) is 0 Å². The summed E-state index contributed by atoms with van der Waals surface area (Å²) in [7, 11) is 2.11. The van der Waals surface area contributed by atoms with E-state index in [-0.39, 0.29) is 11.3 Å². The van der Waals surface area contributed by atoms with Crippen LogP contribution in [-0.2, 0) is 0 Å². The van der Waals surface area contributed by atoms with E-state index in [1.54, 1.807) is 19.1 Å². The first-order chi connectivity index (χ1) is 15.4. The van der Waals surface area contributed by atoms with Crippen molar-refractivity contribution in [3.05, 3.63) is 75.8 Å². The normalized spacial score (nSPS) is 14.2. The van der Waals surface area contributed by atoms with E-state index < -0.39 is 10.8 Å². The van der Waals surface area contributed by atoms with Gasteiger partial charge in [-0.2, -0.15) is 0 Å². The fourth-order valence-electron chi connectivity index (χ4n) is 3.71. The minimum atomic E-state index is -0.489. The monoisotopic (exact) mass is 432 g/mol. The second kappa shape index (κ2) is 9.11. The Morgan fingerprint density at radius 1 is 1.03 bits per heavy atom. The Hall–Kier alpha value is -3.85. The first-order valence-corrected chi connectivity index (χ1v) is 10.4. The Kier molecular flexibility index (Phi) is 6.09. The summed E-state index contributed by atoms with van der Waals surface area (Å²) in [5, 5.41) is 22.7. The molecule has 0 atom stereocenters. The van der Waals surface area contributed by atoms with E-state index in [1.165, 1.54) is 12.1 Å². The predicted molar refractivity (Wildman–Crippen MR) is 123 cm³/mol.